The van der Waals surface area contributed by atoms with Gasteiger partial charge in [0.05, 0.1) is 13.7 Å². The molecule has 0 N–H and O–H groups in total. The van der Waals surface area contributed by atoms with Crippen LogP contribution in [-0.4, -0.2) is 28.8 Å². The van der Waals surface area contributed by atoms with Crippen LogP contribution in [0.3, 0.4) is 0 Å². The van der Waals surface area contributed by atoms with E-state index in [2.05, 4.69) is 16.2 Å². The average molecular weight is 300 g/mol. The summed E-state index contributed by atoms with van der Waals surface area (Å²) in [5.41, 5.74) is 1.76. The molecule has 3 aromatic rings. The van der Waals surface area contributed by atoms with Crippen LogP contribution in [0.15, 0.2) is 24.3 Å². The fraction of sp³-hybridized carbons (Fsp3) is 0.214. The fourth-order valence-electron chi connectivity index (χ4n) is 2.10. The molecular weight excluding hydrogens is 288 g/mol. The second kappa shape index (κ2) is 5.52. The summed E-state index contributed by atoms with van der Waals surface area (Å²) in [7, 11) is 3.20. The van der Waals surface area contributed by atoms with E-state index in [-0.39, 0.29) is 0 Å². The Balaban J connectivity index is 2.19. The van der Waals surface area contributed by atoms with Gasteiger partial charge in [-0.1, -0.05) is 23.5 Å². The third kappa shape index (κ3) is 2.24. The molecule has 106 valence electrons. The molecule has 0 fully saturated rings. The van der Waals surface area contributed by atoms with Crippen LogP contribution in [0.1, 0.15) is 10.7 Å². The first-order valence-electron chi connectivity index (χ1n) is 6.19. The summed E-state index contributed by atoms with van der Waals surface area (Å²) in [6, 6.07) is 9.65. The van der Waals surface area contributed by atoms with E-state index < -0.39 is 0 Å². The Kier molecular flexibility index (Phi) is 3.56. The molecule has 6 nitrogen and oxygen atoms in total. The second-order valence-electron chi connectivity index (χ2n) is 4.24. The number of nitrogens with zero attached hydrogens (tertiary/aromatic N) is 4. The van der Waals surface area contributed by atoms with Crippen LogP contribution in [0.25, 0.3) is 16.2 Å². The maximum atomic E-state index is 9.45. The largest absolute Gasteiger partial charge is 0.496 e. The van der Waals surface area contributed by atoms with Crippen molar-refractivity contribution in [2.45, 2.75) is 6.61 Å². The molecule has 0 bridgehead atoms. The first-order valence-corrected chi connectivity index (χ1v) is 7.01. The standard InChI is InChI=1S/C14H12N4O2S/c1-19-8-12-17-18-10(7-15)13(16-14(18)21-12)9-5-3-4-6-11(9)20-2/h3-6H,8H2,1-2H3. The zero-order chi connectivity index (χ0) is 14.8. The molecule has 21 heavy (non-hydrogen) atoms. The highest BCUT2D eigenvalue weighted by molar-refractivity contribution is 7.16. The normalized spacial score (nSPS) is 10.7. The predicted octanol–water partition coefficient (Wildman–Crippen LogP) is 2.48. The van der Waals surface area contributed by atoms with Gasteiger partial charge < -0.3 is 9.47 Å². The van der Waals surface area contributed by atoms with Gasteiger partial charge in [0.25, 0.3) is 0 Å². The smallest absolute Gasteiger partial charge is 0.214 e. The molecule has 2 heterocycles. The minimum atomic E-state index is 0.396. The Morgan fingerprint density at radius 2 is 2.14 bits per heavy atom. The van der Waals surface area contributed by atoms with Crippen LogP contribution in [0.4, 0.5) is 0 Å². The number of nitriles is 1. The summed E-state index contributed by atoms with van der Waals surface area (Å²) in [5.74, 6) is 0.678. The van der Waals surface area contributed by atoms with E-state index in [1.165, 1.54) is 11.3 Å². The molecule has 0 unspecified atom stereocenters. The molecule has 0 aliphatic heterocycles. The number of fused-ring (bicyclic) bond motifs is 1. The Morgan fingerprint density at radius 3 is 2.86 bits per heavy atom. The van der Waals surface area contributed by atoms with Gasteiger partial charge >= 0.3 is 0 Å². The molecule has 0 radical (unpaired) electrons. The number of hydrogen-bond donors (Lipinski definition) is 0. The second-order valence-corrected chi connectivity index (χ2v) is 5.28. The maximum Gasteiger partial charge on any atom is 0.214 e. The molecule has 7 heteroatoms. The number of para-hydroxylation sites is 1. The zero-order valence-corrected chi connectivity index (χ0v) is 12.3. The fourth-order valence-corrected chi connectivity index (χ4v) is 2.96. The summed E-state index contributed by atoms with van der Waals surface area (Å²) in [4.78, 5) is 5.19. The van der Waals surface area contributed by atoms with Gasteiger partial charge in [-0.15, -0.1) is 0 Å². The molecule has 0 amide bonds. The van der Waals surface area contributed by atoms with Crippen LogP contribution in [0.2, 0.25) is 0 Å². The molecule has 1 aromatic carbocycles. The number of hydrogen-bond acceptors (Lipinski definition) is 6. The van der Waals surface area contributed by atoms with Crippen molar-refractivity contribution in [3.63, 3.8) is 0 Å². The Morgan fingerprint density at radius 1 is 1.33 bits per heavy atom. The Hall–Kier alpha value is -2.43. The number of benzene rings is 1. The van der Waals surface area contributed by atoms with Gasteiger partial charge in [-0.05, 0) is 12.1 Å². The quantitative estimate of drug-likeness (QED) is 0.740. The predicted molar refractivity (Wildman–Crippen MR) is 78.3 cm³/mol. The lowest BCUT2D eigenvalue weighted by molar-refractivity contribution is 0.183. The van der Waals surface area contributed by atoms with E-state index in [1.54, 1.807) is 18.7 Å². The summed E-state index contributed by atoms with van der Waals surface area (Å²) in [6.45, 7) is 0.406. The van der Waals surface area contributed by atoms with Gasteiger partial charge in [0, 0.05) is 12.7 Å². The van der Waals surface area contributed by atoms with Crippen molar-refractivity contribution in [3.05, 3.63) is 35.0 Å². The highest BCUT2D eigenvalue weighted by Crippen LogP contribution is 2.32. The number of methoxy groups -OCH3 is 2. The van der Waals surface area contributed by atoms with Crippen molar-refractivity contribution < 1.29 is 9.47 Å². The monoisotopic (exact) mass is 300 g/mol. The lowest BCUT2D eigenvalue weighted by Gasteiger charge is -2.05. The highest BCUT2D eigenvalue weighted by Gasteiger charge is 2.20. The number of rotatable bonds is 4. The average Bonchev–Trinajstić information content (AvgIpc) is 3.04. The molecule has 2 aromatic heterocycles. The molecule has 0 saturated carbocycles. The van der Waals surface area contributed by atoms with Gasteiger partial charge in [-0.25, -0.2) is 4.98 Å². The maximum absolute atomic E-state index is 9.45. The summed E-state index contributed by atoms with van der Waals surface area (Å²) >= 11 is 1.40. The van der Waals surface area contributed by atoms with E-state index in [0.29, 0.717) is 28.7 Å². The van der Waals surface area contributed by atoms with Crippen molar-refractivity contribution in [3.8, 4) is 23.1 Å². The minimum Gasteiger partial charge on any atom is -0.496 e. The molecular formula is C14H12N4O2S. The molecule has 0 aliphatic carbocycles. The van der Waals surface area contributed by atoms with Gasteiger partial charge in [-0.2, -0.15) is 14.9 Å². The van der Waals surface area contributed by atoms with Crippen molar-refractivity contribution in [2.75, 3.05) is 14.2 Å². The van der Waals surface area contributed by atoms with Gasteiger partial charge in [0.15, 0.2) is 5.69 Å². The Labute approximate surface area is 125 Å². The highest BCUT2D eigenvalue weighted by atomic mass is 32.1. The number of ether oxygens (including phenoxy) is 2. The SMILES string of the molecule is COCc1nn2c(C#N)c(-c3ccccc3OC)nc2s1. The molecule has 0 aliphatic rings. The Bertz CT molecular complexity index is 831. The molecule has 0 saturated heterocycles. The van der Waals surface area contributed by atoms with Crippen molar-refractivity contribution in [1.82, 2.24) is 14.6 Å². The van der Waals surface area contributed by atoms with E-state index in [4.69, 9.17) is 9.47 Å². The topological polar surface area (TPSA) is 72.4 Å². The van der Waals surface area contributed by atoms with E-state index >= 15 is 0 Å². The van der Waals surface area contributed by atoms with E-state index in [9.17, 15) is 5.26 Å². The molecule has 0 atom stereocenters. The lowest BCUT2D eigenvalue weighted by Crippen LogP contribution is -1.94. The van der Waals surface area contributed by atoms with Gasteiger partial charge in [0.2, 0.25) is 4.96 Å². The first kappa shape index (κ1) is 13.5. The van der Waals surface area contributed by atoms with Crippen LogP contribution < -0.4 is 4.74 Å². The summed E-state index contributed by atoms with van der Waals surface area (Å²) in [6.07, 6.45) is 0. The summed E-state index contributed by atoms with van der Waals surface area (Å²) in [5, 5.41) is 14.6. The van der Waals surface area contributed by atoms with Crippen LogP contribution in [0.5, 0.6) is 5.75 Å². The molecule has 0 spiro atoms. The third-order valence-corrected chi connectivity index (χ3v) is 3.86. The van der Waals surface area contributed by atoms with E-state index in [0.717, 1.165) is 10.6 Å². The van der Waals surface area contributed by atoms with Gasteiger partial charge in [-0.3, -0.25) is 0 Å². The van der Waals surface area contributed by atoms with Crippen molar-refractivity contribution >= 4 is 16.3 Å². The lowest BCUT2D eigenvalue weighted by atomic mass is 10.1. The zero-order valence-electron chi connectivity index (χ0n) is 11.5. The number of imidazole rings is 1. The van der Waals surface area contributed by atoms with Crippen molar-refractivity contribution in [1.29, 1.82) is 5.26 Å². The molecule has 3 rings (SSSR count). The van der Waals surface area contributed by atoms with Crippen LogP contribution in [0, 0.1) is 11.3 Å². The third-order valence-electron chi connectivity index (χ3n) is 2.98. The summed E-state index contributed by atoms with van der Waals surface area (Å²) < 4.78 is 12.0. The van der Waals surface area contributed by atoms with Gasteiger partial charge in [0.1, 0.15) is 22.5 Å². The van der Waals surface area contributed by atoms with Crippen LogP contribution >= 0.6 is 11.3 Å². The van der Waals surface area contributed by atoms with E-state index in [1.807, 2.05) is 24.3 Å². The minimum absolute atomic E-state index is 0.396. The first-order chi connectivity index (χ1) is 10.3. The number of aromatic nitrogens is 3. The van der Waals surface area contributed by atoms with Crippen molar-refractivity contribution in [2.24, 2.45) is 0 Å². The van der Waals surface area contributed by atoms with Crippen LogP contribution in [-0.2, 0) is 11.3 Å².